The zero-order valence-electron chi connectivity index (χ0n) is 19.0. The zero-order valence-corrected chi connectivity index (χ0v) is 19.8. The number of amides is 1. The van der Waals surface area contributed by atoms with E-state index in [2.05, 4.69) is 10.1 Å². The molecule has 0 fully saturated rings. The number of hydrazone groups is 1. The summed E-state index contributed by atoms with van der Waals surface area (Å²) in [5, 5.41) is 10.8. The number of methoxy groups -OCH3 is 2. The summed E-state index contributed by atoms with van der Waals surface area (Å²) < 4.78 is 60.8. The van der Waals surface area contributed by atoms with E-state index in [0.29, 0.717) is 33.6 Å². The Bertz CT molecular complexity index is 1290. The number of halogens is 3. The van der Waals surface area contributed by atoms with Gasteiger partial charge in [0.05, 0.1) is 19.8 Å². The molecule has 1 N–H and O–H groups in total. The van der Waals surface area contributed by atoms with Crippen LogP contribution in [0.2, 0.25) is 0 Å². The standard InChI is InChI=1S/C23H19F3N4O5S/c1-32-14-4-3-5-15(12-14)34-8-9-35-17-7-6-13(11-18(17)33-2)10-16-19(27)30-22(28-20(16)31)36-21(29-30)23(24,25)26/h3-7,10-12,27H,8-9H2,1-2H3. The molecule has 0 atom stereocenters. The van der Waals surface area contributed by atoms with Crippen LogP contribution in [-0.2, 0) is 4.79 Å². The Balaban J connectivity index is 1.44. The Morgan fingerprint density at radius 3 is 2.50 bits per heavy atom. The first kappa shape index (κ1) is 25.1. The molecule has 0 aromatic heterocycles. The number of ether oxygens (including phenoxy) is 4. The molecule has 0 saturated carbocycles. The van der Waals surface area contributed by atoms with Crippen LogP contribution in [0, 0.1) is 5.41 Å². The van der Waals surface area contributed by atoms with Gasteiger partial charge in [0, 0.05) is 6.07 Å². The van der Waals surface area contributed by atoms with Crippen LogP contribution in [0.15, 0.2) is 58.1 Å². The molecular formula is C23H19F3N4O5S. The molecule has 2 heterocycles. The van der Waals surface area contributed by atoms with Gasteiger partial charge in [-0.2, -0.15) is 28.3 Å². The van der Waals surface area contributed by atoms with Gasteiger partial charge >= 0.3 is 6.18 Å². The average molecular weight is 520 g/mol. The van der Waals surface area contributed by atoms with Gasteiger partial charge in [-0.1, -0.05) is 12.1 Å². The number of carbonyl (C=O) groups excluding carboxylic acids is 1. The van der Waals surface area contributed by atoms with E-state index in [0.717, 1.165) is 0 Å². The number of benzene rings is 2. The van der Waals surface area contributed by atoms with Gasteiger partial charge in [-0.3, -0.25) is 10.2 Å². The highest BCUT2D eigenvalue weighted by Gasteiger charge is 2.46. The van der Waals surface area contributed by atoms with Crippen molar-refractivity contribution in [1.82, 2.24) is 5.01 Å². The molecule has 2 aliphatic heterocycles. The second-order valence-corrected chi connectivity index (χ2v) is 8.17. The van der Waals surface area contributed by atoms with Crippen LogP contribution in [0.1, 0.15) is 5.56 Å². The van der Waals surface area contributed by atoms with Gasteiger partial charge in [-0.05, 0) is 47.7 Å². The van der Waals surface area contributed by atoms with Gasteiger partial charge in [0.2, 0.25) is 10.2 Å². The third-order valence-electron chi connectivity index (χ3n) is 4.85. The Labute approximate surface area is 207 Å². The Hall–Kier alpha value is -4.00. The maximum absolute atomic E-state index is 13.0. The summed E-state index contributed by atoms with van der Waals surface area (Å²) in [6.07, 6.45) is -3.38. The Morgan fingerprint density at radius 2 is 1.78 bits per heavy atom. The number of rotatable bonds is 8. The van der Waals surface area contributed by atoms with E-state index in [1.807, 2.05) is 0 Å². The van der Waals surface area contributed by atoms with E-state index in [-0.39, 0.29) is 35.7 Å². The summed E-state index contributed by atoms with van der Waals surface area (Å²) in [6.45, 7) is 0.462. The Kier molecular flexibility index (Phi) is 7.20. The van der Waals surface area contributed by atoms with Crippen molar-refractivity contribution in [1.29, 1.82) is 5.41 Å². The number of amidine groups is 2. The molecular weight excluding hydrogens is 501 g/mol. The second kappa shape index (κ2) is 10.3. The lowest BCUT2D eigenvalue weighted by Crippen LogP contribution is -2.35. The van der Waals surface area contributed by atoms with Crippen LogP contribution in [0.25, 0.3) is 6.08 Å². The van der Waals surface area contributed by atoms with Gasteiger partial charge in [0.1, 0.15) is 24.7 Å². The fraction of sp³-hybridized carbons (Fsp3) is 0.217. The predicted molar refractivity (Wildman–Crippen MR) is 128 cm³/mol. The van der Waals surface area contributed by atoms with Crippen LogP contribution in [0.5, 0.6) is 23.0 Å². The van der Waals surface area contributed by atoms with Gasteiger partial charge in [-0.25, -0.2) is 0 Å². The van der Waals surface area contributed by atoms with Crippen molar-refractivity contribution in [2.75, 3.05) is 27.4 Å². The molecule has 13 heteroatoms. The predicted octanol–water partition coefficient (Wildman–Crippen LogP) is 4.34. The molecule has 9 nitrogen and oxygen atoms in total. The molecule has 0 spiro atoms. The number of nitrogens with one attached hydrogen (secondary N) is 1. The van der Waals surface area contributed by atoms with Crippen LogP contribution in [0.4, 0.5) is 13.2 Å². The van der Waals surface area contributed by atoms with Crippen molar-refractivity contribution in [3.05, 3.63) is 53.6 Å². The minimum Gasteiger partial charge on any atom is -0.497 e. The fourth-order valence-electron chi connectivity index (χ4n) is 3.17. The topological polar surface area (TPSA) is 106 Å². The minimum atomic E-state index is -4.71. The SMILES string of the molecule is COc1cccc(OCCOc2ccc(C=C3C(=N)N4N=C(C(F)(F)F)SC4=NC3=O)cc2OC)c1. The van der Waals surface area contributed by atoms with Crippen LogP contribution >= 0.6 is 11.8 Å². The zero-order chi connectivity index (χ0) is 25.9. The molecule has 0 unspecified atom stereocenters. The van der Waals surface area contributed by atoms with E-state index in [4.69, 9.17) is 24.4 Å². The second-order valence-electron chi connectivity index (χ2n) is 7.21. The number of thioether (sulfide) groups is 1. The summed E-state index contributed by atoms with van der Waals surface area (Å²) in [6, 6.07) is 11.9. The van der Waals surface area contributed by atoms with Crippen molar-refractivity contribution in [3.63, 3.8) is 0 Å². The van der Waals surface area contributed by atoms with E-state index in [1.54, 1.807) is 49.6 Å². The molecule has 0 bridgehead atoms. The van der Waals surface area contributed by atoms with Crippen molar-refractivity contribution >= 4 is 39.8 Å². The first-order valence-electron chi connectivity index (χ1n) is 10.3. The highest BCUT2D eigenvalue weighted by Crippen LogP contribution is 2.36. The van der Waals surface area contributed by atoms with E-state index in [9.17, 15) is 18.0 Å². The number of hydrogen-bond acceptors (Lipinski definition) is 8. The molecule has 0 radical (unpaired) electrons. The first-order valence-corrected chi connectivity index (χ1v) is 11.2. The molecule has 0 aliphatic carbocycles. The summed E-state index contributed by atoms with van der Waals surface area (Å²) in [4.78, 5) is 16.1. The lowest BCUT2D eigenvalue weighted by atomic mass is 10.1. The lowest BCUT2D eigenvalue weighted by molar-refractivity contribution is -0.114. The van der Waals surface area contributed by atoms with Gasteiger partial charge < -0.3 is 18.9 Å². The molecule has 4 rings (SSSR count). The third-order valence-corrected chi connectivity index (χ3v) is 5.80. The van der Waals surface area contributed by atoms with Crippen molar-refractivity contribution < 1.29 is 36.9 Å². The quantitative estimate of drug-likeness (QED) is 0.408. The number of fused-ring (bicyclic) bond motifs is 1. The lowest BCUT2D eigenvalue weighted by Gasteiger charge is -2.20. The van der Waals surface area contributed by atoms with Crippen molar-refractivity contribution in [2.45, 2.75) is 6.18 Å². The maximum atomic E-state index is 13.0. The molecule has 188 valence electrons. The molecule has 2 aromatic rings. The van der Waals surface area contributed by atoms with E-state index >= 15 is 0 Å². The Morgan fingerprint density at radius 1 is 1.03 bits per heavy atom. The van der Waals surface area contributed by atoms with Crippen LogP contribution < -0.4 is 18.9 Å². The van der Waals surface area contributed by atoms with Crippen LogP contribution in [-0.4, -0.2) is 60.6 Å². The van der Waals surface area contributed by atoms with Gasteiger partial charge in [0.25, 0.3) is 5.91 Å². The molecule has 2 aromatic carbocycles. The van der Waals surface area contributed by atoms with E-state index in [1.165, 1.54) is 13.2 Å². The minimum absolute atomic E-state index is 0.194. The fourth-order valence-corrected chi connectivity index (χ4v) is 3.93. The average Bonchev–Trinajstić information content (AvgIpc) is 3.30. The normalized spacial score (nSPS) is 16.5. The summed E-state index contributed by atoms with van der Waals surface area (Å²) in [5.74, 6) is 0.702. The number of nitrogens with zero attached hydrogens (tertiary/aromatic N) is 3. The number of alkyl halides is 3. The van der Waals surface area contributed by atoms with Crippen molar-refractivity contribution in [3.8, 4) is 23.0 Å². The molecule has 36 heavy (non-hydrogen) atoms. The summed E-state index contributed by atoms with van der Waals surface area (Å²) in [5.41, 5.74) is 0.236. The monoisotopic (exact) mass is 520 g/mol. The van der Waals surface area contributed by atoms with Gasteiger partial charge in [-0.15, -0.1) is 0 Å². The molecule has 2 aliphatic rings. The summed E-state index contributed by atoms with van der Waals surface area (Å²) >= 11 is 0.194. The van der Waals surface area contributed by atoms with Crippen molar-refractivity contribution in [2.24, 2.45) is 10.1 Å². The molecule has 1 amide bonds. The number of carbonyl (C=O) groups is 1. The van der Waals surface area contributed by atoms with Crippen LogP contribution in [0.3, 0.4) is 0 Å². The summed E-state index contributed by atoms with van der Waals surface area (Å²) in [7, 11) is 3.00. The highest BCUT2D eigenvalue weighted by molar-refractivity contribution is 8.27. The number of aliphatic imine (C=N–C) groups is 1. The largest absolute Gasteiger partial charge is 0.497 e. The first-order chi connectivity index (χ1) is 17.2. The van der Waals surface area contributed by atoms with E-state index < -0.39 is 23.0 Å². The number of hydrogen-bond donors (Lipinski definition) is 1. The smallest absolute Gasteiger partial charge is 0.441 e. The maximum Gasteiger partial charge on any atom is 0.441 e. The van der Waals surface area contributed by atoms with Gasteiger partial charge in [0.15, 0.2) is 17.3 Å². The molecule has 0 saturated heterocycles. The highest BCUT2D eigenvalue weighted by atomic mass is 32.2. The third kappa shape index (κ3) is 5.46.